The van der Waals surface area contributed by atoms with Gasteiger partial charge >= 0.3 is 17.8 Å². The maximum atomic E-state index is 12.0. The van der Waals surface area contributed by atoms with Crippen LogP contribution < -0.4 is 10.6 Å². The first-order valence-corrected chi connectivity index (χ1v) is 8.38. The molecule has 0 bridgehead atoms. The van der Waals surface area contributed by atoms with Crippen molar-refractivity contribution in [2.45, 2.75) is 45.6 Å². The average molecular weight is 332 g/mol. The van der Waals surface area contributed by atoms with Crippen molar-refractivity contribution in [3.8, 4) is 0 Å². The highest BCUT2D eigenvalue weighted by Gasteiger charge is 2.22. The maximum absolute atomic E-state index is 12.0. The summed E-state index contributed by atoms with van der Waals surface area (Å²) in [4.78, 5) is 35.5. The van der Waals surface area contributed by atoms with Gasteiger partial charge in [0.2, 0.25) is 0 Å². The number of ether oxygens (including phenoxy) is 1. The Morgan fingerprint density at radius 2 is 1.67 bits per heavy atom. The largest absolute Gasteiger partial charge is 0.462 e. The van der Waals surface area contributed by atoms with Gasteiger partial charge in [-0.25, -0.2) is 4.79 Å². The van der Waals surface area contributed by atoms with Crippen molar-refractivity contribution in [3.05, 3.63) is 29.8 Å². The zero-order valence-electron chi connectivity index (χ0n) is 14.1. The molecule has 0 atom stereocenters. The molecule has 1 aliphatic rings. The Bertz CT molecular complexity index is 590. The third kappa shape index (κ3) is 5.08. The van der Waals surface area contributed by atoms with Crippen LogP contribution >= 0.6 is 0 Å². The monoisotopic (exact) mass is 332 g/mol. The van der Waals surface area contributed by atoms with Crippen LogP contribution in [0.3, 0.4) is 0 Å². The van der Waals surface area contributed by atoms with Crippen LogP contribution in [-0.2, 0) is 14.3 Å². The van der Waals surface area contributed by atoms with Gasteiger partial charge < -0.3 is 15.4 Å². The number of rotatable bonds is 4. The Labute approximate surface area is 142 Å². The van der Waals surface area contributed by atoms with Gasteiger partial charge in [0.1, 0.15) is 0 Å². The van der Waals surface area contributed by atoms with E-state index in [0.29, 0.717) is 23.8 Å². The molecule has 2 N–H and O–H groups in total. The summed E-state index contributed by atoms with van der Waals surface area (Å²) in [7, 11) is 0. The van der Waals surface area contributed by atoms with Crippen LogP contribution in [0.5, 0.6) is 0 Å². The van der Waals surface area contributed by atoms with Crippen molar-refractivity contribution in [1.29, 1.82) is 0 Å². The van der Waals surface area contributed by atoms with Crippen LogP contribution in [0.15, 0.2) is 24.3 Å². The van der Waals surface area contributed by atoms with Crippen molar-refractivity contribution in [1.82, 2.24) is 5.32 Å². The standard InChI is InChI=1S/C18H24N2O4/c1-3-24-18(23)13-6-10-15(11-7-13)20-17(22)16(21)19-14-8-4-12(2)5-9-14/h6-7,10-12,14H,3-5,8-9H2,1-2H3,(H,19,21)(H,20,22). The molecule has 1 saturated carbocycles. The molecule has 0 unspecified atom stereocenters. The molecular weight excluding hydrogens is 308 g/mol. The minimum atomic E-state index is -0.697. The Kier molecular flexibility index (Phi) is 6.35. The summed E-state index contributed by atoms with van der Waals surface area (Å²) in [5.74, 6) is -1.05. The number of anilines is 1. The molecule has 1 aromatic carbocycles. The van der Waals surface area contributed by atoms with Crippen LogP contribution in [-0.4, -0.2) is 30.4 Å². The topological polar surface area (TPSA) is 84.5 Å². The fourth-order valence-electron chi connectivity index (χ4n) is 2.75. The summed E-state index contributed by atoms with van der Waals surface area (Å²) in [5.41, 5.74) is 0.857. The van der Waals surface area contributed by atoms with Crippen LogP contribution in [0.25, 0.3) is 0 Å². The second-order valence-electron chi connectivity index (χ2n) is 6.18. The molecule has 130 valence electrons. The SMILES string of the molecule is CCOC(=O)c1ccc(NC(=O)C(=O)NC2CCC(C)CC2)cc1. The van der Waals surface area contributed by atoms with Gasteiger partial charge in [-0.2, -0.15) is 0 Å². The molecule has 24 heavy (non-hydrogen) atoms. The van der Waals surface area contributed by atoms with E-state index in [1.54, 1.807) is 31.2 Å². The van der Waals surface area contributed by atoms with Gasteiger partial charge in [0, 0.05) is 11.7 Å². The van der Waals surface area contributed by atoms with Crippen molar-refractivity contribution >= 4 is 23.5 Å². The predicted molar refractivity (Wildman–Crippen MR) is 90.6 cm³/mol. The summed E-state index contributed by atoms with van der Waals surface area (Å²) < 4.78 is 4.89. The van der Waals surface area contributed by atoms with Gasteiger partial charge in [0.15, 0.2) is 0 Å². The molecule has 0 saturated heterocycles. The lowest BCUT2D eigenvalue weighted by Crippen LogP contribution is -2.43. The molecule has 2 rings (SSSR count). The van der Waals surface area contributed by atoms with Gasteiger partial charge in [0.05, 0.1) is 12.2 Å². The number of hydrogen-bond donors (Lipinski definition) is 2. The lowest BCUT2D eigenvalue weighted by atomic mass is 9.87. The van der Waals surface area contributed by atoms with Gasteiger partial charge in [0.25, 0.3) is 0 Å². The van der Waals surface area contributed by atoms with E-state index in [0.717, 1.165) is 25.7 Å². The number of carbonyl (C=O) groups excluding carboxylic acids is 3. The first kappa shape index (κ1) is 18.0. The first-order chi connectivity index (χ1) is 11.5. The Hall–Kier alpha value is -2.37. The van der Waals surface area contributed by atoms with Gasteiger partial charge in [-0.1, -0.05) is 6.92 Å². The summed E-state index contributed by atoms with van der Waals surface area (Å²) in [6.45, 7) is 4.24. The molecule has 0 aliphatic heterocycles. The highest BCUT2D eigenvalue weighted by Crippen LogP contribution is 2.23. The van der Waals surface area contributed by atoms with Crippen molar-refractivity contribution in [3.63, 3.8) is 0 Å². The zero-order chi connectivity index (χ0) is 17.5. The van der Waals surface area contributed by atoms with Gasteiger partial charge in [-0.3, -0.25) is 9.59 Å². The minimum absolute atomic E-state index is 0.0747. The molecule has 2 amide bonds. The van der Waals surface area contributed by atoms with Crippen molar-refractivity contribution in [2.24, 2.45) is 5.92 Å². The van der Waals surface area contributed by atoms with E-state index in [9.17, 15) is 14.4 Å². The van der Waals surface area contributed by atoms with Crippen molar-refractivity contribution in [2.75, 3.05) is 11.9 Å². The summed E-state index contributed by atoms with van der Waals surface area (Å²) in [5, 5.41) is 5.32. The van der Waals surface area contributed by atoms with Crippen molar-refractivity contribution < 1.29 is 19.1 Å². The Morgan fingerprint density at radius 1 is 1.04 bits per heavy atom. The lowest BCUT2D eigenvalue weighted by molar-refractivity contribution is -0.136. The minimum Gasteiger partial charge on any atom is -0.462 e. The predicted octanol–water partition coefficient (Wildman–Crippen LogP) is 2.50. The van der Waals surface area contributed by atoms with E-state index in [-0.39, 0.29) is 6.04 Å². The second kappa shape index (κ2) is 8.47. The first-order valence-electron chi connectivity index (χ1n) is 8.38. The highest BCUT2D eigenvalue weighted by atomic mass is 16.5. The van der Waals surface area contributed by atoms with E-state index in [1.807, 2.05) is 0 Å². The van der Waals surface area contributed by atoms with E-state index in [1.165, 1.54) is 0 Å². The second-order valence-corrected chi connectivity index (χ2v) is 6.18. The number of hydrogen-bond acceptors (Lipinski definition) is 4. The molecule has 0 spiro atoms. The molecule has 0 aromatic heterocycles. The third-order valence-corrected chi connectivity index (χ3v) is 4.21. The molecule has 0 radical (unpaired) electrons. The molecule has 6 nitrogen and oxygen atoms in total. The maximum Gasteiger partial charge on any atom is 0.338 e. The summed E-state index contributed by atoms with van der Waals surface area (Å²) in [6.07, 6.45) is 3.96. The number of carbonyl (C=O) groups is 3. The normalized spacial score (nSPS) is 20.1. The number of nitrogens with one attached hydrogen (secondary N) is 2. The van der Waals surface area contributed by atoms with Crippen LogP contribution in [0.1, 0.15) is 49.9 Å². The molecule has 6 heteroatoms. The summed E-state index contributed by atoms with van der Waals surface area (Å²) in [6, 6.07) is 6.31. The number of amides is 2. The zero-order valence-corrected chi connectivity index (χ0v) is 14.1. The molecular formula is C18H24N2O4. The van der Waals surface area contributed by atoms with Gasteiger partial charge in [-0.15, -0.1) is 0 Å². The Morgan fingerprint density at radius 3 is 2.25 bits per heavy atom. The number of esters is 1. The summed E-state index contributed by atoms with van der Waals surface area (Å²) >= 11 is 0. The fraction of sp³-hybridized carbons (Fsp3) is 0.500. The third-order valence-electron chi connectivity index (χ3n) is 4.21. The quantitative estimate of drug-likeness (QED) is 0.655. The van der Waals surface area contributed by atoms with Crippen LogP contribution in [0.2, 0.25) is 0 Å². The van der Waals surface area contributed by atoms with Gasteiger partial charge in [-0.05, 0) is 62.8 Å². The lowest BCUT2D eigenvalue weighted by Gasteiger charge is -2.26. The van der Waals surface area contributed by atoms with Crippen LogP contribution in [0, 0.1) is 5.92 Å². The molecule has 0 heterocycles. The van der Waals surface area contributed by atoms with E-state index in [4.69, 9.17) is 4.74 Å². The smallest absolute Gasteiger partial charge is 0.338 e. The van der Waals surface area contributed by atoms with E-state index < -0.39 is 17.8 Å². The molecule has 1 fully saturated rings. The van der Waals surface area contributed by atoms with E-state index >= 15 is 0 Å². The highest BCUT2D eigenvalue weighted by molar-refractivity contribution is 6.39. The number of benzene rings is 1. The van der Waals surface area contributed by atoms with Crippen LogP contribution in [0.4, 0.5) is 5.69 Å². The van der Waals surface area contributed by atoms with E-state index in [2.05, 4.69) is 17.6 Å². The fourth-order valence-corrected chi connectivity index (χ4v) is 2.75. The average Bonchev–Trinajstić information content (AvgIpc) is 2.57. The molecule has 1 aromatic rings. The molecule has 1 aliphatic carbocycles. The Balaban J connectivity index is 1.85.